The molecule has 1 aromatic carbocycles. The molecule has 3 saturated heterocycles. The van der Waals surface area contributed by atoms with E-state index in [1.807, 2.05) is 6.07 Å². The molecular weight excluding hydrogens is 561 g/mol. The molecule has 228 valence electrons. The van der Waals surface area contributed by atoms with E-state index in [0.717, 1.165) is 24.2 Å². The molecule has 0 radical (unpaired) electrons. The Bertz CT molecular complexity index is 1520. The molecule has 3 fully saturated rings. The van der Waals surface area contributed by atoms with Gasteiger partial charge in [0.15, 0.2) is 11.6 Å². The molecule has 5 heterocycles. The third-order valence-electron chi connectivity index (χ3n) is 9.17. The minimum Gasteiger partial charge on any atom is -0.492 e. The number of hydrogen-bond acceptors (Lipinski definition) is 8. The second-order valence-electron chi connectivity index (χ2n) is 12.1. The highest BCUT2D eigenvalue weighted by Crippen LogP contribution is 2.48. The van der Waals surface area contributed by atoms with Crippen LogP contribution >= 0.6 is 0 Å². The van der Waals surface area contributed by atoms with Crippen molar-refractivity contribution in [2.45, 2.75) is 62.0 Å². The Morgan fingerprint density at radius 2 is 1.93 bits per heavy atom. The quantitative estimate of drug-likeness (QED) is 0.234. The van der Waals surface area contributed by atoms with E-state index in [-0.39, 0.29) is 30.2 Å². The highest BCUT2D eigenvalue weighted by molar-refractivity contribution is 5.98. The maximum atomic E-state index is 13.7. The molecular formula is C28H34FN9O5. The van der Waals surface area contributed by atoms with Gasteiger partial charge in [-0.1, -0.05) is 26.0 Å². The van der Waals surface area contributed by atoms with E-state index in [4.69, 9.17) is 15.6 Å². The predicted molar refractivity (Wildman–Crippen MR) is 150 cm³/mol. The van der Waals surface area contributed by atoms with E-state index in [0.29, 0.717) is 23.0 Å². The molecule has 2 aromatic rings. The number of carbonyl (C=O) groups is 2. The van der Waals surface area contributed by atoms with Crippen molar-refractivity contribution >= 4 is 23.7 Å². The fraction of sp³-hybridized carbons (Fsp3) is 0.464. The minimum atomic E-state index is -1.93. The number of benzene rings is 1. The summed E-state index contributed by atoms with van der Waals surface area (Å²) in [5.41, 5.74) is -2.74. The highest BCUT2D eigenvalue weighted by atomic mass is 19.1. The number of carbonyl (C=O) groups excluding carboxylic acids is 2. The standard InChI is InChI=1S/C28H34FN9O5/c1-26(2)9-10-43-20-15(5-4-6-16(20)26)22(39)35-19-13-37-24(30)34-18(12-33-23(40)17-8-7-14(29)11-32-17)21-28(37,27(19,3)41)38(42)25(31)36-21/h4-8,11,18-19,21,41-42H,9-10,12-13H2,1-3H3,(H2,30,34)(H2,31,36)(H,33,40)(H,35,39)/t18?,19-,21?,27-,28?/m0/s1. The van der Waals surface area contributed by atoms with Crippen LogP contribution in [0, 0.1) is 16.6 Å². The van der Waals surface area contributed by atoms with Crippen LogP contribution in [0.1, 0.15) is 53.6 Å². The van der Waals surface area contributed by atoms with Crippen LogP contribution in [0.25, 0.3) is 0 Å². The van der Waals surface area contributed by atoms with Gasteiger partial charge in [0.25, 0.3) is 11.8 Å². The van der Waals surface area contributed by atoms with Crippen LogP contribution in [-0.4, -0.2) is 98.1 Å². The van der Waals surface area contributed by atoms with Gasteiger partial charge in [-0.05, 0) is 37.0 Å². The first kappa shape index (κ1) is 28.6. The van der Waals surface area contributed by atoms with Crippen LogP contribution in [0.2, 0.25) is 0 Å². The van der Waals surface area contributed by atoms with Gasteiger partial charge in [-0.25, -0.2) is 9.37 Å². The Labute approximate surface area is 246 Å². The average Bonchev–Trinajstić information content (AvgIpc) is 3.37. The summed E-state index contributed by atoms with van der Waals surface area (Å²) in [6.45, 7) is 5.87. The largest absolute Gasteiger partial charge is 0.492 e. The number of para-hydroxylation sites is 1. The maximum absolute atomic E-state index is 13.7. The van der Waals surface area contributed by atoms with Crippen LogP contribution in [0.3, 0.4) is 0 Å². The summed E-state index contributed by atoms with van der Waals surface area (Å²) in [5.74, 6) is -1.82. The van der Waals surface area contributed by atoms with Gasteiger partial charge in [-0.3, -0.25) is 25.6 Å². The smallest absolute Gasteiger partial charge is 0.269 e. The zero-order valence-electron chi connectivity index (χ0n) is 23.9. The Morgan fingerprint density at radius 1 is 1.16 bits per heavy atom. The number of nitrogens with one attached hydrogen (secondary N) is 6. The normalized spacial score (nSPS) is 30.3. The Kier molecular flexibility index (Phi) is 6.50. The molecule has 43 heavy (non-hydrogen) atoms. The van der Waals surface area contributed by atoms with Crippen molar-refractivity contribution in [2.24, 2.45) is 0 Å². The lowest BCUT2D eigenvalue weighted by Crippen LogP contribution is -2.81. The van der Waals surface area contributed by atoms with Gasteiger partial charge in [-0.15, -0.1) is 0 Å². The number of hydrogen-bond donors (Lipinski definition) is 8. The number of ether oxygens (including phenoxy) is 1. The van der Waals surface area contributed by atoms with E-state index >= 15 is 0 Å². The number of amides is 2. The summed E-state index contributed by atoms with van der Waals surface area (Å²) in [6.07, 6.45) is 1.71. The Hall–Kier alpha value is -4.50. The molecule has 1 spiro atoms. The van der Waals surface area contributed by atoms with E-state index in [2.05, 4.69) is 40.1 Å². The molecule has 8 N–H and O–H groups in total. The van der Waals surface area contributed by atoms with Crippen molar-refractivity contribution in [1.29, 1.82) is 10.8 Å². The molecule has 6 rings (SSSR count). The molecule has 1 aromatic heterocycles. The van der Waals surface area contributed by atoms with Gasteiger partial charge in [0.1, 0.15) is 22.9 Å². The molecule has 14 nitrogen and oxygen atoms in total. The van der Waals surface area contributed by atoms with Crippen LogP contribution in [0.4, 0.5) is 4.39 Å². The van der Waals surface area contributed by atoms with Gasteiger partial charge in [0.05, 0.1) is 36.5 Å². The molecule has 15 heteroatoms. The minimum absolute atomic E-state index is 0.0226. The number of nitrogens with zero attached hydrogens (tertiary/aromatic N) is 3. The number of aliphatic hydroxyl groups is 1. The number of aromatic nitrogens is 1. The Morgan fingerprint density at radius 3 is 2.65 bits per heavy atom. The number of rotatable bonds is 5. The molecule has 4 aliphatic heterocycles. The lowest BCUT2D eigenvalue weighted by molar-refractivity contribution is -0.218. The van der Waals surface area contributed by atoms with Crippen molar-refractivity contribution in [3.8, 4) is 5.75 Å². The second kappa shape index (κ2) is 9.77. The summed E-state index contributed by atoms with van der Waals surface area (Å²) in [5, 5.41) is 52.5. The highest BCUT2D eigenvalue weighted by Gasteiger charge is 2.75. The zero-order valence-corrected chi connectivity index (χ0v) is 23.9. The molecule has 0 bridgehead atoms. The van der Waals surface area contributed by atoms with Crippen molar-refractivity contribution < 1.29 is 29.0 Å². The lowest BCUT2D eigenvalue weighted by Gasteiger charge is -2.53. The lowest BCUT2D eigenvalue weighted by atomic mass is 9.77. The van der Waals surface area contributed by atoms with Gasteiger partial charge in [0.2, 0.25) is 5.96 Å². The number of fused-ring (bicyclic) bond motifs is 1. The predicted octanol–water partition coefficient (Wildman–Crippen LogP) is 0.0764. The zero-order chi connectivity index (χ0) is 30.9. The first-order chi connectivity index (χ1) is 20.3. The topological polar surface area (TPSA) is 199 Å². The van der Waals surface area contributed by atoms with Crippen molar-refractivity contribution in [1.82, 2.24) is 36.2 Å². The summed E-state index contributed by atoms with van der Waals surface area (Å²) >= 11 is 0. The van der Waals surface area contributed by atoms with Gasteiger partial charge < -0.3 is 36.0 Å². The average molecular weight is 596 g/mol. The summed E-state index contributed by atoms with van der Waals surface area (Å²) in [7, 11) is 0. The van der Waals surface area contributed by atoms with Gasteiger partial charge in [-0.2, -0.15) is 5.06 Å². The molecule has 5 atom stereocenters. The fourth-order valence-electron chi connectivity index (χ4n) is 6.77. The molecule has 0 aliphatic carbocycles. The third kappa shape index (κ3) is 4.17. The number of halogens is 1. The molecule has 3 unspecified atom stereocenters. The van der Waals surface area contributed by atoms with Crippen molar-refractivity contribution in [2.75, 3.05) is 19.7 Å². The van der Waals surface area contributed by atoms with Gasteiger partial charge in [0, 0.05) is 18.7 Å². The van der Waals surface area contributed by atoms with E-state index < -0.39 is 53.0 Å². The van der Waals surface area contributed by atoms with E-state index in [9.17, 15) is 24.3 Å². The molecule has 2 amide bonds. The maximum Gasteiger partial charge on any atom is 0.269 e. The molecule has 0 saturated carbocycles. The number of hydroxylamine groups is 2. The monoisotopic (exact) mass is 595 g/mol. The molecule has 4 aliphatic rings. The summed E-state index contributed by atoms with van der Waals surface area (Å²) in [4.78, 5) is 31.6. The van der Waals surface area contributed by atoms with Gasteiger partial charge >= 0.3 is 0 Å². The number of guanidine groups is 2. The van der Waals surface area contributed by atoms with E-state index in [1.54, 1.807) is 12.1 Å². The Balaban J connectivity index is 1.28. The van der Waals surface area contributed by atoms with Crippen LogP contribution in [-0.2, 0) is 5.41 Å². The SMILES string of the molecule is CC1(C)CCOc2c(C(=O)N[C@H]3CN4C(=N)NC(CNC(=O)c5ccc(F)cn5)C5NC(=N)N(O)C54[C@@]3(C)O)cccc21. The van der Waals surface area contributed by atoms with Crippen molar-refractivity contribution in [3.05, 3.63) is 59.2 Å². The van der Waals surface area contributed by atoms with Crippen LogP contribution < -0.4 is 26.0 Å². The first-order valence-corrected chi connectivity index (χ1v) is 13.9. The van der Waals surface area contributed by atoms with Crippen LogP contribution in [0.5, 0.6) is 5.75 Å². The van der Waals surface area contributed by atoms with E-state index in [1.165, 1.54) is 17.9 Å². The van der Waals surface area contributed by atoms with Crippen LogP contribution in [0.15, 0.2) is 36.5 Å². The fourth-order valence-corrected chi connectivity index (χ4v) is 6.77. The summed E-state index contributed by atoms with van der Waals surface area (Å²) < 4.78 is 19.2. The first-order valence-electron chi connectivity index (χ1n) is 13.9. The number of pyridine rings is 1. The third-order valence-corrected chi connectivity index (χ3v) is 9.17. The van der Waals surface area contributed by atoms with Crippen molar-refractivity contribution in [3.63, 3.8) is 0 Å². The summed E-state index contributed by atoms with van der Waals surface area (Å²) in [6, 6.07) is 4.96. The second-order valence-corrected chi connectivity index (χ2v) is 12.1.